The molecular weight excluding hydrogens is 219 g/mol. The van der Waals surface area contributed by atoms with Gasteiger partial charge in [0.15, 0.2) is 5.82 Å². The molecule has 0 bridgehead atoms. The lowest BCUT2D eigenvalue weighted by atomic mass is 9.98. The van der Waals surface area contributed by atoms with Crippen LogP contribution in [0.1, 0.15) is 25.7 Å². The highest BCUT2D eigenvalue weighted by molar-refractivity contribution is 5.25. The molecule has 1 N–H and O–H groups in total. The molecule has 0 aliphatic carbocycles. The van der Waals surface area contributed by atoms with Gasteiger partial charge in [-0.25, -0.2) is 14.4 Å². The van der Waals surface area contributed by atoms with Crippen LogP contribution in [0.2, 0.25) is 0 Å². The van der Waals surface area contributed by atoms with Crippen molar-refractivity contribution in [3.63, 3.8) is 0 Å². The highest BCUT2D eigenvalue weighted by Gasteiger charge is 2.31. The van der Waals surface area contributed by atoms with E-state index in [0.29, 0.717) is 12.0 Å². The van der Waals surface area contributed by atoms with E-state index in [1.807, 2.05) is 0 Å². The van der Waals surface area contributed by atoms with Crippen molar-refractivity contribution in [1.29, 1.82) is 0 Å². The summed E-state index contributed by atoms with van der Waals surface area (Å²) in [4.78, 5) is 10.5. The van der Waals surface area contributed by atoms with Crippen molar-refractivity contribution in [2.45, 2.75) is 37.8 Å². The van der Waals surface area contributed by atoms with Crippen molar-refractivity contribution in [3.8, 4) is 0 Å². The van der Waals surface area contributed by atoms with Gasteiger partial charge in [0.05, 0.1) is 12.4 Å². The van der Waals surface area contributed by atoms with E-state index in [4.69, 9.17) is 0 Å². The fourth-order valence-electron chi connectivity index (χ4n) is 2.92. The van der Waals surface area contributed by atoms with Crippen LogP contribution in [0.4, 0.5) is 10.3 Å². The molecule has 3 heterocycles. The molecule has 0 aromatic carbocycles. The summed E-state index contributed by atoms with van der Waals surface area (Å²) in [6.45, 7) is 2.41. The SMILES string of the molecule is Fc1cnc(NC2CCN3CCCC3C2)nc1. The quantitative estimate of drug-likeness (QED) is 0.847. The molecule has 1 aromatic heterocycles. The topological polar surface area (TPSA) is 41.1 Å². The van der Waals surface area contributed by atoms with E-state index in [9.17, 15) is 4.39 Å². The van der Waals surface area contributed by atoms with E-state index in [2.05, 4.69) is 20.2 Å². The van der Waals surface area contributed by atoms with Gasteiger partial charge < -0.3 is 10.2 Å². The van der Waals surface area contributed by atoms with Gasteiger partial charge in [-0.1, -0.05) is 0 Å². The molecule has 5 heteroatoms. The van der Waals surface area contributed by atoms with E-state index in [-0.39, 0.29) is 5.82 Å². The van der Waals surface area contributed by atoms with E-state index >= 15 is 0 Å². The molecule has 2 unspecified atom stereocenters. The summed E-state index contributed by atoms with van der Waals surface area (Å²) in [5, 5.41) is 3.31. The fourth-order valence-corrected chi connectivity index (χ4v) is 2.92. The predicted octanol–water partition coefficient (Wildman–Crippen LogP) is 1.65. The maximum Gasteiger partial charge on any atom is 0.222 e. The molecule has 0 radical (unpaired) electrons. The third kappa shape index (κ3) is 2.39. The largest absolute Gasteiger partial charge is 0.351 e. The van der Waals surface area contributed by atoms with Crippen LogP contribution in [0.15, 0.2) is 12.4 Å². The molecule has 2 aliphatic rings. The maximum absolute atomic E-state index is 12.7. The predicted molar refractivity (Wildman–Crippen MR) is 63.2 cm³/mol. The highest BCUT2D eigenvalue weighted by atomic mass is 19.1. The molecule has 0 saturated carbocycles. The maximum atomic E-state index is 12.7. The first-order valence-electron chi connectivity index (χ1n) is 6.29. The van der Waals surface area contributed by atoms with Gasteiger partial charge in [0, 0.05) is 18.6 Å². The van der Waals surface area contributed by atoms with Gasteiger partial charge in [-0.3, -0.25) is 0 Å². The molecule has 2 atom stereocenters. The number of hydrogen-bond acceptors (Lipinski definition) is 4. The number of anilines is 1. The zero-order chi connectivity index (χ0) is 11.7. The highest BCUT2D eigenvalue weighted by Crippen LogP contribution is 2.27. The van der Waals surface area contributed by atoms with Crippen molar-refractivity contribution in [1.82, 2.24) is 14.9 Å². The average Bonchev–Trinajstić information content (AvgIpc) is 2.79. The molecule has 0 spiro atoms. The molecular formula is C12H17FN4. The molecule has 2 fully saturated rings. The van der Waals surface area contributed by atoms with Gasteiger partial charge in [0.1, 0.15) is 0 Å². The van der Waals surface area contributed by atoms with E-state index < -0.39 is 0 Å². The van der Waals surface area contributed by atoms with Crippen molar-refractivity contribution in [3.05, 3.63) is 18.2 Å². The van der Waals surface area contributed by atoms with Crippen molar-refractivity contribution in [2.75, 3.05) is 18.4 Å². The molecule has 3 rings (SSSR count). The molecule has 4 nitrogen and oxygen atoms in total. The van der Waals surface area contributed by atoms with E-state index in [1.165, 1.54) is 31.8 Å². The minimum absolute atomic E-state index is 0.388. The number of aromatic nitrogens is 2. The standard InChI is InChI=1S/C12H17FN4/c13-9-7-14-12(15-8-9)16-10-3-5-17-4-1-2-11(17)6-10/h7-8,10-11H,1-6H2,(H,14,15,16). The summed E-state index contributed by atoms with van der Waals surface area (Å²) in [6, 6.07) is 1.15. The second kappa shape index (κ2) is 4.56. The van der Waals surface area contributed by atoms with Crippen LogP contribution in [0.25, 0.3) is 0 Å². The number of piperidine rings is 1. The Morgan fingerprint density at radius 2 is 2.06 bits per heavy atom. The van der Waals surface area contributed by atoms with Crippen LogP contribution in [0, 0.1) is 5.82 Å². The van der Waals surface area contributed by atoms with Gasteiger partial charge >= 0.3 is 0 Å². The third-order valence-corrected chi connectivity index (χ3v) is 3.77. The second-order valence-corrected chi connectivity index (χ2v) is 4.92. The number of fused-ring (bicyclic) bond motifs is 1. The Labute approximate surface area is 100 Å². The average molecular weight is 236 g/mol. The molecule has 0 amide bonds. The Morgan fingerprint density at radius 3 is 2.88 bits per heavy atom. The van der Waals surface area contributed by atoms with Crippen molar-refractivity contribution >= 4 is 5.95 Å². The summed E-state index contributed by atoms with van der Waals surface area (Å²) in [7, 11) is 0. The van der Waals surface area contributed by atoms with Crippen LogP contribution >= 0.6 is 0 Å². The van der Waals surface area contributed by atoms with Gasteiger partial charge in [0.2, 0.25) is 5.95 Å². The molecule has 17 heavy (non-hydrogen) atoms. The van der Waals surface area contributed by atoms with Gasteiger partial charge in [0.25, 0.3) is 0 Å². The van der Waals surface area contributed by atoms with Gasteiger partial charge in [-0.05, 0) is 32.2 Å². The zero-order valence-electron chi connectivity index (χ0n) is 9.77. The number of nitrogens with zero attached hydrogens (tertiary/aromatic N) is 3. The first-order valence-corrected chi connectivity index (χ1v) is 6.29. The Bertz CT molecular complexity index is 381. The van der Waals surface area contributed by atoms with Crippen molar-refractivity contribution < 1.29 is 4.39 Å². The fraction of sp³-hybridized carbons (Fsp3) is 0.667. The Hall–Kier alpha value is -1.23. The normalized spacial score (nSPS) is 29.0. The lowest BCUT2D eigenvalue weighted by molar-refractivity contribution is 0.188. The Kier molecular flexibility index (Phi) is 2.93. The van der Waals surface area contributed by atoms with Gasteiger partial charge in [-0.2, -0.15) is 0 Å². The van der Waals surface area contributed by atoms with Crippen LogP contribution < -0.4 is 5.32 Å². The molecule has 92 valence electrons. The van der Waals surface area contributed by atoms with Crippen molar-refractivity contribution in [2.24, 2.45) is 0 Å². The van der Waals surface area contributed by atoms with Crippen LogP contribution in [0.5, 0.6) is 0 Å². The summed E-state index contributed by atoms with van der Waals surface area (Å²) in [5.41, 5.74) is 0. The number of nitrogens with one attached hydrogen (secondary N) is 1. The molecule has 2 aliphatic heterocycles. The Balaban J connectivity index is 1.60. The monoisotopic (exact) mass is 236 g/mol. The van der Waals surface area contributed by atoms with E-state index in [1.54, 1.807) is 0 Å². The second-order valence-electron chi connectivity index (χ2n) is 4.92. The third-order valence-electron chi connectivity index (χ3n) is 3.77. The first kappa shape index (κ1) is 10.9. The molecule has 2 saturated heterocycles. The summed E-state index contributed by atoms with van der Waals surface area (Å²) >= 11 is 0. The lowest BCUT2D eigenvalue weighted by Gasteiger charge is -2.35. The van der Waals surface area contributed by atoms with E-state index in [0.717, 1.165) is 25.4 Å². The first-order chi connectivity index (χ1) is 8.31. The minimum atomic E-state index is -0.388. The summed E-state index contributed by atoms with van der Waals surface area (Å²) in [5.74, 6) is 0.156. The Morgan fingerprint density at radius 1 is 1.24 bits per heavy atom. The van der Waals surface area contributed by atoms with Gasteiger partial charge in [-0.15, -0.1) is 0 Å². The lowest BCUT2D eigenvalue weighted by Crippen LogP contribution is -2.42. The smallest absolute Gasteiger partial charge is 0.222 e. The minimum Gasteiger partial charge on any atom is -0.351 e. The number of halogens is 1. The molecule has 1 aromatic rings. The van der Waals surface area contributed by atoms with Crippen LogP contribution in [-0.4, -0.2) is 40.0 Å². The number of rotatable bonds is 2. The number of hydrogen-bond donors (Lipinski definition) is 1. The van der Waals surface area contributed by atoms with Crippen LogP contribution in [0.3, 0.4) is 0 Å². The summed E-state index contributed by atoms with van der Waals surface area (Å²) < 4.78 is 12.7. The van der Waals surface area contributed by atoms with Crippen LogP contribution in [-0.2, 0) is 0 Å². The zero-order valence-corrected chi connectivity index (χ0v) is 9.77. The summed E-state index contributed by atoms with van der Waals surface area (Å²) in [6.07, 6.45) is 7.32.